The van der Waals surface area contributed by atoms with E-state index in [2.05, 4.69) is 19.2 Å². The third-order valence-electron chi connectivity index (χ3n) is 5.43. The Morgan fingerprint density at radius 2 is 1.83 bits per heavy atom. The molecule has 1 amide bonds. The van der Waals surface area contributed by atoms with Crippen molar-refractivity contribution in [2.75, 3.05) is 20.4 Å². The zero-order valence-corrected chi connectivity index (χ0v) is 18.5. The molecule has 0 radical (unpaired) electrons. The summed E-state index contributed by atoms with van der Waals surface area (Å²) in [7, 11) is 1.38. The second-order valence-electron chi connectivity index (χ2n) is 8.01. The van der Waals surface area contributed by atoms with Crippen LogP contribution in [-0.4, -0.2) is 37.4 Å². The van der Waals surface area contributed by atoms with Crippen molar-refractivity contribution < 1.29 is 24.2 Å². The zero-order valence-electron chi connectivity index (χ0n) is 18.5. The lowest BCUT2D eigenvalue weighted by Gasteiger charge is -2.32. The summed E-state index contributed by atoms with van der Waals surface area (Å²) in [5.74, 6) is -0.466. The summed E-state index contributed by atoms with van der Waals surface area (Å²) in [4.78, 5) is 25.1. The minimum atomic E-state index is -0.798. The maximum absolute atomic E-state index is 12.6. The van der Waals surface area contributed by atoms with Crippen LogP contribution in [0.4, 0.5) is 0 Å². The van der Waals surface area contributed by atoms with Gasteiger partial charge in [0.2, 0.25) is 5.91 Å². The molecule has 29 heavy (non-hydrogen) atoms. The molecule has 1 aromatic carbocycles. The second-order valence-corrected chi connectivity index (χ2v) is 8.01. The number of nitrogens with one attached hydrogen (secondary N) is 1. The maximum Gasteiger partial charge on any atom is 0.311 e. The molecule has 3 atom stereocenters. The van der Waals surface area contributed by atoms with E-state index in [4.69, 9.17) is 9.47 Å². The van der Waals surface area contributed by atoms with Crippen molar-refractivity contribution >= 4 is 11.9 Å². The zero-order chi connectivity index (χ0) is 21.9. The van der Waals surface area contributed by atoms with E-state index < -0.39 is 5.41 Å². The van der Waals surface area contributed by atoms with Crippen LogP contribution in [0, 0.1) is 11.3 Å². The van der Waals surface area contributed by atoms with Gasteiger partial charge in [0.25, 0.3) is 0 Å². The van der Waals surface area contributed by atoms with Gasteiger partial charge in [-0.2, -0.15) is 0 Å². The van der Waals surface area contributed by atoms with Crippen LogP contribution >= 0.6 is 0 Å². The molecule has 0 aromatic heterocycles. The number of methoxy groups -OCH3 is 1. The molecule has 0 aliphatic carbocycles. The predicted octanol–water partition coefficient (Wildman–Crippen LogP) is 4.37. The van der Waals surface area contributed by atoms with E-state index in [1.807, 2.05) is 26.0 Å². The van der Waals surface area contributed by atoms with Gasteiger partial charge < -0.3 is 19.9 Å². The fourth-order valence-electron chi connectivity index (χ4n) is 3.67. The monoisotopic (exact) mass is 407 g/mol. The summed E-state index contributed by atoms with van der Waals surface area (Å²) >= 11 is 0. The van der Waals surface area contributed by atoms with Crippen LogP contribution in [0.3, 0.4) is 0 Å². The molecule has 164 valence electrons. The average molecular weight is 408 g/mol. The average Bonchev–Trinajstić information content (AvgIpc) is 2.71. The molecule has 0 aliphatic rings. The van der Waals surface area contributed by atoms with Crippen molar-refractivity contribution in [2.24, 2.45) is 11.3 Å². The van der Waals surface area contributed by atoms with E-state index in [9.17, 15) is 14.7 Å². The van der Waals surface area contributed by atoms with Crippen molar-refractivity contribution in [1.82, 2.24) is 5.32 Å². The van der Waals surface area contributed by atoms with Gasteiger partial charge in [0.1, 0.15) is 12.5 Å². The number of hydrogen-bond donors (Lipinski definition) is 2. The molecule has 6 heteroatoms. The highest BCUT2D eigenvalue weighted by molar-refractivity contribution is 5.81. The molecule has 0 aliphatic heterocycles. The summed E-state index contributed by atoms with van der Waals surface area (Å²) in [6.07, 6.45) is 3.78. The third kappa shape index (κ3) is 8.05. The number of esters is 1. The molecule has 0 bridgehead atoms. The molecule has 0 fully saturated rings. The molecule has 0 saturated carbocycles. The summed E-state index contributed by atoms with van der Waals surface area (Å²) in [6, 6.07) is 7.07. The van der Waals surface area contributed by atoms with E-state index in [1.165, 1.54) is 7.11 Å². The molecule has 1 rings (SSSR count). The van der Waals surface area contributed by atoms with Gasteiger partial charge >= 0.3 is 5.97 Å². The number of amides is 1. The first-order chi connectivity index (χ1) is 13.8. The highest BCUT2D eigenvalue weighted by atomic mass is 16.5. The topological polar surface area (TPSA) is 84.9 Å². The molecule has 0 saturated heterocycles. The first-order valence-corrected chi connectivity index (χ1v) is 10.5. The van der Waals surface area contributed by atoms with E-state index in [0.717, 1.165) is 24.8 Å². The number of phenolic OH excluding ortho intramolecular Hbond substituents is 1. The molecular weight excluding hydrogens is 370 g/mol. The van der Waals surface area contributed by atoms with Crippen LogP contribution in [0.25, 0.3) is 0 Å². The first-order valence-electron chi connectivity index (χ1n) is 10.5. The number of phenols is 1. The lowest BCUT2D eigenvalue weighted by Crippen LogP contribution is -2.38. The number of rotatable bonds is 13. The first kappa shape index (κ1) is 25.0. The Hall–Kier alpha value is -2.08. The van der Waals surface area contributed by atoms with Crippen molar-refractivity contribution in [3.63, 3.8) is 0 Å². The standard InChI is InChI=1S/C23H37NO5/c1-6-8-13-29-16-24-21(26)17(3)14-23(4,22(27)28-5)15-18(7-2)19-9-11-20(25)12-10-19/h9-12,17-18,25H,6-8,13-16H2,1-5H3,(H,24,26). The van der Waals surface area contributed by atoms with Crippen LogP contribution in [0.5, 0.6) is 5.75 Å². The van der Waals surface area contributed by atoms with Crippen molar-refractivity contribution in [2.45, 2.75) is 65.7 Å². The lowest BCUT2D eigenvalue weighted by atomic mass is 9.72. The van der Waals surface area contributed by atoms with Gasteiger partial charge in [-0.1, -0.05) is 39.3 Å². The molecule has 0 spiro atoms. The molecule has 1 aromatic rings. The SMILES string of the molecule is CCCCOCNC(=O)C(C)CC(C)(CC(CC)c1ccc(O)cc1)C(=O)OC. The smallest absolute Gasteiger partial charge is 0.311 e. The Labute approximate surface area is 175 Å². The predicted molar refractivity (Wildman–Crippen MR) is 114 cm³/mol. The van der Waals surface area contributed by atoms with Crippen molar-refractivity contribution in [3.8, 4) is 5.75 Å². The van der Waals surface area contributed by atoms with Gasteiger partial charge in [-0.05, 0) is 56.2 Å². The largest absolute Gasteiger partial charge is 0.508 e. The van der Waals surface area contributed by atoms with Gasteiger partial charge in [-0.25, -0.2) is 0 Å². The quantitative estimate of drug-likeness (QED) is 0.288. The Morgan fingerprint density at radius 3 is 2.38 bits per heavy atom. The van der Waals surface area contributed by atoms with E-state index >= 15 is 0 Å². The van der Waals surface area contributed by atoms with Crippen LogP contribution in [-0.2, 0) is 19.1 Å². The van der Waals surface area contributed by atoms with Crippen LogP contribution in [0.2, 0.25) is 0 Å². The van der Waals surface area contributed by atoms with Gasteiger partial charge in [0.05, 0.1) is 12.5 Å². The highest BCUT2D eigenvalue weighted by Gasteiger charge is 2.39. The Balaban J connectivity index is 2.81. The number of unbranched alkanes of at least 4 members (excludes halogenated alkanes) is 1. The summed E-state index contributed by atoms with van der Waals surface area (Å²) in [5, 5.41) is 12.3. The Morgan fingerprint density at radius 1 is 1.17 bits per heavy atom. The normalized spacial score (nSPS) is 15.2. The molecule has 0 heterocycles. The lowest BCUT2D eigenvalue weighted by molar-refractivity contribution is -0.154. The molecule has 6 nitrogen and oxygen atoms in total. The number of benzene rings is 1. The van der Waals surface area contributed by atoms with E-state index in [1.54, 1.807) is 12.1 Å². The summed E-state index contributed by atoms with van der Waals surface area (Å²) < 4.78 is 10.5. The van der Waals surface area contributed by atoms with Crippen LogP contribution in [0.15, 0.2) is 24.3 Å². The number of hydrogen-bond acceptors (Lipinski definition) is 5. The highest BCUT2D eigenvalue weighted by Crippen LogP contribution is 2.40. The summed E-state index contributed by atoms with van der Waals surface area (Å²) in [6.45, 7) is 8.64. The van der Waals surface area contributed by atoms with E-state index in [-0.39, 0.29) is 36.2 Å². The van der Waals surface area contributed by atoms with Gasteiger partial charge in [0, 0.05) is 12.5 Å². The van der Waals surface area contributed by atoms with Crippen LogP contribution < -0.4 is 5.32 Å². The van der Waals surface area contributed by atoms with Crippen LogP contribution in [0.1, 0.15) is 71.3 Å². The fraction of sp³-hybridized carbons (Fsp3) is 0.652. The number of carbonyl (C=O) groups is 2. The van der Waals surface area contributed by atoms with Gasteiger partial charge in [-0.3, -0.25) is 9.59 Å². The number of carbonyl (C=O) groups excluding carboxylic acids is 2. The Kier molecular flexibility index (Phi) is 10.7. The van der Waals surface area contributed by atoms with Crippen molar-refractivity contribution in [3.05, 3.63) is 29.8 Å². The molecule has 2 N–H and O–H groups in total. The number of aromatic hydroxyl groups is 1. The maximum atomic E-state index is 12.6. The number of ether oxygens (including phenoxy) is 2. The minimum Gasteiger partial charge on any atom is -0.508 e. The van der Waals surface area contributed by atoms with Gasteiger partial charge in [0.15, 0.2) is 0 Å². The Bertz CT molecular complexity index is 631. The minimum absolute atomic E-state index is 0.118. The third-order valence-corrected chi connectivity index (χ3v) is 5.43. The fourth-order valence-corrected chi connectivity index (χ4v) is 3.67. The molecule has 3 unspecified atom stereocenters. The molecular formula is C23H37NO5. The second kappa shape index (κ2) is 12.5. The summed E-state index contributed by atoms with van der Waals surface area (Å²) in [5.41, 5.74) is 0.259. The van der Waals surface area contributed by atoms with E-state index in [0.29, 0.717) is 19.4 Å². The van der Waals surface area contributed by atoms with Gasteiger partial charge in [-0.15, -0.1) is 0 Å². The van der Waals surface area contributed by atoms with Crippen molar-refractivity contribution in [1.29, 1.82) is 0 Å².